The highest BCUT2D eigenvalue weighted by Gasteiger charge is 2.45. The molecule has 0 spiro atoms. The third-order valence-electron chi connectivity index (χ3n) is 14.0. The standard InChI is InChI=1S/C61H64N2/c1-9-10-11-14-22-48-34-42(3)35-50(38-48)61-31-20-19-21-43(4)49-36-46(7)60(47(8)37-49)63(52-25-17-13-18-26-52)54-28-30-56(58(61)40-54)55-29-27-53(39-57(55)61)62(51-23-15-12-16-24-51)59-44(5)32-41(2)33-45(59)6/h12-13,15-18,23-30,32-40H,4,9-11,14,19-22,31H2,1-3,5-8H3. The molecular formula is C61H64N2. The van der Waals surface area contributed by atoms with Crippen molar-refractivity contribution >= 4 is 39.7 Å². The maximum Gasteiger partial charge on any atom is 0.0520 e. The summed E-state index contributed by atoms with van der Waals surface area (Å²) in [4.78, 5) is 5.03. The van der Waals surface area contributed by atoms with Crippen molar-refractivity contribution in [3.05, 3.63) is 207 Å². The van der Waals surface area contributed by atoms with Gasteiger partial charge in [-0.15, -0.1) is 0 Å². The highest BCUT2D eigenvalue weighted by atomic mass is 15.2. The van der Waals surface area contributed by atoms with E-state index in [4.69, 9.17) is 6.58 Å². The number of hydrogen-bond acceptors (Lipinski definition) is 2. The number of aryl methyl sites for hydroxylation is 7. The summed E-state index contributed by atoms with van der Waals surface area (Å²) in [6.07, 6.45) is 10.3. The van der Waals surface area contributed by atoms with Gasteiger partial charge in [0.05, 0.1) is 11.4 Å². The molecule has 0 radical (unpaired) electrons. The Balaban J connectivity index is 1.34. The summed E-state index contributed by atoms with van der Waals surface area (Å²) >= 11 is 0. The number of para-hydroxylation sites is 2. The lowest BCUT2D eigenvalue weighted by Gasteiger charge is -2.36. The van der Waals surface area contributed by atoms with Gasteiger partial charge in [0.25, 0.3) is 0 Å². The minimum Gasteiger partial charge on any atom is -0.310 e. The summed E-state index contributed by atoms with van der Waals surface area (Å²) < 4.78 is 0. The molecule has 2 heterocycles. The van der Waals surface area contributed by atoms with E-state index in [0.29, 0.717) is 0 Å². The first kappa shape index (κ1) is 42.2. The van der Waals surface area contributed by atoms with Crippen LogP contribution in [0.5, 0.6) is 0 Å². The zero-order valence-corrected chi connectivity index (χ0v) is 38.7. The molecule has 7 aromatic rings. The van der Waals surface area contributed by atoms with Crippen LogP contribution in [0.2, 0.25) is 0 Å². The second-order valence-electron chi connectivity index (χ2n) is 18.7. The third-order valence-corrected chi connectivity index (χ3v) is 14.0. The first-order valence-electron chi connectivity index (χ1n) is 23.6. The Hall–Kier alpha value is -6.12. The van der Waals surface area contributed by atoms with E-state index in [0.717, 1.165) is 37.8 Å². The van der Waals surface area contributed by atoms with Crippen LogP contribution in [0.4, 0.5) is 34.1 Å². The van der Waals surface area contributed by atoms with E-state index < -0.39 is 0 Å². The summed E-state index contributed by atoms with van der Waals surface area (Å²) in [5, 5.41) is 0. The molecule has 1 aliphatic carbocycles. The topological polar surface area (TPSA) is 6.48 Å². The quantitative estimate of drug-likeness (QED) is 0.127. The van der Waals surface area contributed by atoms with E-state index in [-0.39, 0.29) is 5.41 Å². The van der Waals surface area contributed by atoms with E-state index in [2.05, 4.69) is 198 Å². The van der Waals surface area contributed by atoms with Crippen LogP contribution in [-0.4, -0.2) is 0 Å². The molecule has 10 rings (SSSR count). The Morgan fingerprint density at radius 2 is 1.22 bits per heavy atom. The van der Waals surface area contributed by atoms with Gasteiger partial charge in [0.2, 0.25) is 0 Å². The molecule has 0 amide bonds. The van der Waals surface area contributed by atoms with E-state index in [1.165, 1.54) is 132 Å². The van der Waals surface area contributed by atoms with Crippen LogP contribution in [-0.2, 0) is 11.8 Å². The molecule has 7 aromatic carbocycles. The van der Waals surface area contributed by atoms with Crippen molar-refractivity contribution in [1.82, 2.24) is 0 Å². The van der Waals surface area contributed by atoms with Crippen molar-refractivity contribution in [1.29, 1.82) is 0 Å². The number of rotatable bonds is 10. The summed E-state index contributed by atoms with van der Waals surface area (Å²) in [5.74, 6) is 0. The van der Waals surface area contributed by atoms with Crippen LogP contribution < -0.4 is 9.80 Å². The van der Waals surface area contributed by atoms with Gasteiger partial charge in [-0.25, -0.2) is 0 Å². The minimum atomic E-state index is -0.388. The lowest BCUT2D eigenvalue weighted by atomic mass is 9.68. The zero-order valence-electron chi connectivity index (χ0n) is 38.7. The van der Waals surface area contributed by atoms with E-state index >= 15 is 0 Å². The molecular weight excluding hydrogens is 761 g/mol. The van der Waals surface area contributed by atoms with Crippen LogP contribution >= 0.6 is 0 Å². The van der Waals surface area contributed by atoms with E-state index in [9.17, 15) is 0 Å². The lowest BCUT2D eigenvalue weighted by molar-refractivity contribution is 0.530. The molecule has 4 bridgehead atoms. The molecule has 0 aromatic heterocycles. The van der Waals surface area contributed by atoms with Crippen LogP contribution in [0.3, 0.4) is 0 Å². The van der Waals surface area contributed by atoms with E-state index in [1.54, 1.807) is 0 Å². The summed E-state index contributed by atoms with van der Waals surface area (Å²) in [5.41, 5.74) is 25.4. The number of unbranched alkanes of at least 4 members (excludes halogenated alkanes) is 3. The Morgan fingerprint density at radius 1 is 0.571 bits per heavy atom. The lowest BCUT2D eigenvalue weighted by Crippen LogP contribution is -2.28. The van der Waals surface area contributed by atoms with Gasteiger partial charge in [-0.1, -0.05) is 129 Å². The summed E-state index contributed by atoms with van der Waals surface area (Å²) in [6, 6.07) is 53.7. The highest BCUT2D eigenvalue weighted by Crippen LogP contribution is 2.58. The van der Waals surface area contributed by atoms with Crippen molar-refractivity contribution in [2.75, 3.05) is 9.80 Å². The van der Waals surface area contributed by atoms with Crippen LogP contribution in [0.15, 0.2) is 146 Å². The molecule has 318 valence electrons. The second-order valence-corrected chi connectivity index (χ2v) is 18.7. The number of anilines is 6. The number of nitrogens with zero attached hydrogens (tertiary/aromatic N) is 2. The first-order chi connectivity index (χ1) is 30.6. The number of hydrogen-bond donors (Lipinski definition) is 0. The van der Waals surface area contributed by atoms with Gasteiger partial charge >= 0.3 is 0 Å². The van der Waals surface area contributed by atoms with Gasteiger partial charge in [-0.3, -0.25) is 0 Å². The predicted molar refractivity (Wildman–Crippen MR) is 271 cm³/mol. The maximum absolute atomic E-state index is 4.71. The highest BCUT2D eigenvalue weighted by molar-refractivity contribution is 5.91. The molecule has 2 heteroatoms. The first-order valence-corrected chi connectivity index (χ1v) is 23.6. The summed E-state index contributed by atoms with van der Waals surface area (Å²) in [6.45, 7) is 20.6. The minimum absolute atomic E-state index is 0.388. The summed E-state index contributed by atoms with van der Waals surface area (Å²) in [7, 11) is 0. The Bertz CT molecular complexity index is 2770. The molecule has 3 aliphatic rings. The van der Waals surface area contributed by atoms with Crippen molar-refractivity contribution in [2.45, 2.75) is 112 Å². The van der Waals surface area contributed by atoms with Crippen molar-refractivity contribution < 1.29 is 0 Å². The smallest absolute Gasteiger partial charge is 0.0520 e. The second kappa shape index (κ2) is 17.6. The molecule has 1 unspecified atom stereocenters. The maximum atomic E-state index is 4.71. The largest absolute Gasteiger partial charge is 0.310 e. The van der Waals surface area contributed by atoms with E-state index in [1.807, 2.05) is 0 Å². The van der Waals surface area contributed by atoms with Crippen molar-refractivity contribution in [3.63, 3.8) is 0 Å². The SMILES string of the molecule is C=C1CCCCC2(c3cc(C)cc(CCCCCC)c3)c3cc(N(c4ccccc4)c4c(C)cc(C)cc4C)ccc3-c3ccc(cc32)N(c2ccccc2)c2c(C)cc1cc2C. The Kier molecular flexibility index (Phi) is 11.8. The average Bonchev–Trinajstić information content (AvgIpc) is 3.55. The molecule has 0 N–H and O–H groups in total. The van der Waals surface area contributed by atoms with Gasteiger partial charge in [0.1, 0.15) is 0 Å². The molecule has 0 saturated carbocycles. The van der Waals surface area contributed by atoms with Gasteiger partial charge < -0.3 is 9.80 Å². The molecule has 0 saturated heterocycles. The average molecular weight is 825 g/mol. The van der Waals surface area contributed by atoms with Gasteiger partial charge in [-0.05, 0) is 201 Å². The van der Waals surface area contributed by atoms with Gasteiger partial charge in [0, 0.05) is 28.2 Å². The normalized spacial score (nSPS) is 15.7. The molecule has 0 fully saturated rings. The molecule has 2 aliphatic heterocycles. The molecule has 63 heavy (non-hydrogen) atoms. The van der Waals surface area contributed by atoms with Crippen LogP contribution in [0.25, 0.3) is 16.7 Å². The fraction of sp³-hybridized carbons (Fsp3) is 0.279. The Labute approximate surface area is 378 Å². The molecule has 2 nitrogen and oxygen atoms in total. The van der Waals surface area contributed by atoms with Gasteiger partial charge in [0.15, 0.2) is 0 Å². The van der Waals surface area contributed by atoms with Crippen molar-refractivity contribution in [2.24, 2.45) is 0 Å². The molecule has 1 atom stereocenters. The third kappa shape index (κ3) is 7.84. The van der Waals surface area contributed by atoms with Crippen molar-refractivity contribution in [3.8, 4) is 11.1 Å². The number of allylic oxidation sites excluding steroid dienone is 1. The van der Waals surface area contributed by atoms with Gasteiger partial charge in [-0.2, -0.15) is 0 Å². The van der Waals surface area contributed by atoms with Crippen LogP contribution in [0, 0.1) is 41.5 Å². The number of fused-ring (bicyclic) bond motifs is 8. The monoisotopic (exact) mass is 825 g/mol. The Morgan fingerprint density at radius 3 is 1.92 bits per heavy atom. The van der Waals surface area contributed by atoms with Crippen LogP contribution in [0.1, 0.15) is 119 Å². The number of benzene rings is 7. The zero-order chi connectivity index (χ0) is 43.8. The fourth-order valence-corrected chi connectivity index (χ4v) is 11.3. The predicted octanol–water partition coefficient (Wildman–Crippen LogP) is 17.5. The fourth-order valence-electron chi connectivity index (χ4n) is 11.3.